The lowest BCUT2D eigenvalue weighted by atomic mass is 10.1. The second kappa shape index (κ2) is 7.51. The molecule has 0 spiro atoms. The van der Waals surface area contributed by atoms with Gasteiger partial charge in [0.25, 0.3) is 5.91 Å². The van der Waals surface area contributed by atoms with Crippen LogP contribution in [0.15, 0.2) is 53.4 Å². The minimum absolute atomic E-state index is 0.368. The summed E-state index contributed by atoms with van der Waals surface area (Å²) in [6, 6.07) is 14.0. The van der Waals surface area contributed by atoms with E-state index in [2.05, 4.69) is 16.2 Å². The van der Waals surface area contributed by atoms with Gasteiger partial charge in [-0.2, -0.15) is 0 Å². The Bertz CT molecular complexity index is 654. The van der Waals surface area contributed by atoms with E-state index in [1.54, 1.807) is 36.0 Å². The van der Waals surface area contributed by atoms with Gasteiger partial charge in [0.05, 0.1) is 0 Å². The van der Waals surface area contributed by atoms with E-state index < -0.39 is 6.03 Å². The van der Waals surface area contributed by atoms with Gasteiger partial charge in [-0.25, -0.2) is 10.2 Å². The van der Waals surface area contributed by atoms with E-state index >= 15 is 0 Å². The normalized spacial score (nSPS) is 9.91. The van der Waals surface area contributed by atoms with Crippen LogP contribution in [0.1, 0.15) is 15.9 Å². The monoisotopic (exact) mass is 315 g/mol. The number of thioether (sulfide) groups is 1. The minimum Gasteiger partial charge on any atom is -0.307 e. The molecule has 3 N–H and O–H groups in total. The van der Waals surface area contributed by atoms with Crippen molar-refractivity contribution in [3.63, 3.8) is 0 Å². The van der Waals surface area contributed by atoms with E-state index in [0.717, 1.165) is 10.5 Å². The first-order valence-electron chi connectivity index (χ1n) is 6.66. The predicted molar refractivity (Wildman–Crippen MR) is 89.0 cm³/mol. The number of urea groups is 1. The van der Waals surface area contributed by atoms with Gasteiger partial charge in [0.15, 0.2) is 0 Å². The summed E-state index contributed by atoms with van der Waals surface area (Å²) in [6.07, 6.45) is 1.98. The highest BCUT2D eigenvalue weighted by atomic mass is 32.2. The molecule has 0 saturated carbocycles. The van der Waals surface area contributed by atoms with Crippen LogP contribution in [0.3, 0.4) is 0 Å². The Morgan fingerprint density at radius 3 is 2.14 bits per heavy atom. The summed E-state index contributed by atoms with van der Waals surface area (Å²) in [5.74, 6) is -0.368. The summed E-state index contributed by atoms with van der Waals surface area (Å²) in [4.78, 5) is 24.7. The van der Waals surface area contributed by atoms with Crippen molar-refractivity contribution in [2.24, 2.45) is 0 Å². The zero-order valence-corrected chi connectivity index (χ0v) is 13.2. The van der Waals surface area contributed by atoms with Gasteiger partial charge in [-0.1, -0.05) is 17.7 Å². The number of rotatable bonds is 3. The van der Waals surface area contributed by atoms with Gasteiger partial charge in [-0.05, 0) is 49.6 Å². The van der Waals surface area contributed by atoms with Gasteiger partial charge < -0.3 is 5.32 Å². The van der Waals surface area contributed by atoms with Crippen LogP contribution >= 0.6 is 11.8 Å². The lowest BCUT2D eigenvalue weighted by Gasteiger charge is -2.09. The van der Waals surface area contributed by atoms with Gasteiger partial charge >= 0.3 is 6.03 Å². The average Bonchev–Trinajstić information content (AvgIpc) is 2.54. The Morgan fingerprint density at radius 2 is 1.55 bits per heavy atom. The smallest absolute Gasteiger partial charge is 0.307 e. The molecule has 0 unspecified atom stereocenters. The largest absolute Gasteiger partial charge is 0.337 e. The second-order valence-corrected chi connectivity index (χ2v) is 5.51. The number of anilines is 1. The van der Waals surface area contributed by atoms with Crippen molar-refractivity contribution in [1.29, 1.82) is 0 Å². The van der Waals surface area contributed by atoms with Gasteiger partial charge in [0.1, 0.15) is 0 Å². The fraction of sp³-hybridized carbons (Fsp3) is 0.125. The van der Waals surface area contributed by atoms with Crippen molar-refractivity contribution in [1.82, 2.24) is 10.9 Å². The van der Waals surface area contributed by atoms with Crippen LogP contribution in [0.25, 0.3) is 0 Å². The van der Waals surface area contributed by atoms with Gasteiger partial charge in [-0.15, -0.1) is 11.8 Å². The molecule has 114 valence electrons. The molecule has 0 heterocycles. The molecular weight excluding hydrogens is 298 g/mol. The van der Waals surface area contributed by atoms with Gasteiger partial charge in [0, 0.05) is 16.1 Å². The Morgan fingerprint density at radius 1 is 0.909 bits per heavy atom. The number of nitrogens with one attached hydrogen (secondary N) is 3. The molecule has 0 aromatic heterocycles. The van der Waals surface area contributed by atoms with Crippen LogP contribution in [0.4, 0.5) is 10.5 Å². The predicted octanol–water partition coefficient (Wildman–Crippen LogP) is 3.18. The molecule has 0 aliphatic carbocycles. The lowest BCUT2D eigenvalue weighted by Crippen LogP contribution is -2.43. The third kappa shape index (κ3) is 4.53. The zero-order valence-electron chi connectivity index (χ0n) is 12.3. The molecule has 0 saturated heterocycles. The fourth-order valence-corrected chi connectivity index (χ4v) is 2.14. The van der Waals surface area contributed by atoms with E-state index in [-0.39, 0.29) is 5.91 Å². The second-order valence-electron chi connectivity index (χ2n) is 4.63. The Balaban J connectivity index is 1.84. The number of carbonyl (C=O) groups excluding carboxylic acids is 2. The fourth-order valence-electron chi connectivity index (χ4n) is 1.73. The van der Waals surface area contributed by atoms with Crippen LogP contribution in [0.5, 0.6) is 0 Å². The average molecular weight is 315 g/mol. The molecule has 2 rings (SSSR count). The third-order valence-electron chi connectivity index (χ3n) is 2.95. The topological polar surface area (TPSA) is 70.2 Å². The van der Waals surface area contributed by atoms with Crippen molar-refractivity contribution < 1.29 is 9.59 Å². The van der Waals surface area contributed by atoms with Crippen LogP contribution in [-0.4, -0.2) is 18.2 Å². The molecule has 0 fully saturated rings. The Labute approximate surface area is 133 Å². The van der Waals surface area contributed by atoms with Crippen molar-refractivity contribution in [3.05, 3.63) is 59.7 Å². The van der Waals surface area contributed by atoms with Crippen molar-refractivity contribution >= 4 is 29.4 Å². The van der Waals surface area contributed by atoms with Crippen molar-refractivity contribution in [2.75, 3.05) is 11.6 Å². The van der Waals surface area contributed by atoms with Crippen LogP contribution < -0.4 is 16.2 Å². The first kappa shape index (κ1) is 15.9. The number of hydrazine groups is 1. The zero-order chi connectivity index (χ0) is 15.9. The Kier molecular flexibility index (Phi) is 5.43. The molecule has 0 aliphatic rings. The highest BCUT2D eigenvalue weighted by molar-refractivity contribution is 7.98. The molecule has 0 aliphatic heterocycles. The van der Waals surface area contributed by atoms with E-state index in [9.17, 15) is 9.59 Å². The maximum atomic E-state index is 11.8. The summed E-state index contributed by atoms with van der Waals surface area (Å²) in [5, 5.41) is 2.64. The van der Waals surface area contributed by atoms with E-state index in [4.69, 9.17) is 0 Å². The molecule has 22 heavy (non-hydrogen) atoms. The van der Waals surface area contributed by atoms with Gasteiger partial charge in [0.2, 0.25) is 0 Å². The maximum absolute atomic E-state index is 11.8. The molecular formula is C16H17N3O2S. The number of hydrogen-bond acceptors (Lipinski definition) is 3. The number of aryl methyl sites for hydroxylation is 1. The first-order chi connectivity index (χ1) is 10.6. The summed E-state index contributed by atoms with van der Waals surface area (Å²) in [6.45, 7) is 1.94. The van der Waals surface area contributed by atoms with Crippen LogP contribution in [0, 0.1) is 6.92 Å². The maximum Gasteiger partial charge on any atom is 0.337 e. The molecule has 2 aromatic rings. The molecule has 3 amide bonds. The van der Waals surface area contributed by atoms with E-state index in [1.807, 2.05) is 37.4 Å². The summed E-state index contributed by atoms with van der Waals surface area (Å²) >= 11 is 1.62. The molecule has 2 aromatic carbocycles. The van der Waals surface area contributed by atoms with Crippen molar-refractivity contribution in [2.45, 2.75) is 11.8 Å². The molecule has 0 atom stereocenters. The number of benzene rings is 2. The summed E-state index contributed by atoms with van der Waals surface area (Å²) < 4.78 is 0. The standard InChI is InChI=1S/C16H17N3O2S/c1-11-3-5-12(6-4-11)15(20)18-19-16(21)17-13-7-9-14(22-2)10-8-13/h3-10H,1-2H3,(H,18,20)(H2,17,19,21). The quantitative estimate of drug-likeness (QED) is 0.602. The number of hydrogen-bond donors (Lipinski definition) is 3. The molecule has 5 nitrogen and oxygen atoms in total. The van der Waals surface area contributed by atoms with Crippen molar-refractivity contribution in [3.8, 4) is 0 Å². The highest BCUT2D eigenvalue weighted by Gasteiger charge is 2.07. The SMILES string of the molecule is CSc1ccc(NC(=O)NNC(=O)c2ccc(C)cc2)cc1. The Hall–Kier alpha value is -2.47. The third-order valence-corrected chi connectivity index (χ3v) is 3.69. The molecule has 0 radical (unpaired) electrons. The minimum atomic E-state index is -0.502. The molecule has 0 bridgehead atoms. The lowest BCUT2D eigenvalue weighted by molar-refractivity contribution is 0.0938. The number of amides is 3. The summed E-state index contributed by atoms with van der Waals surface area (Å²) in [7, 11) is 0. The van der Waals surface area contributed by atoms with E-state index in [1.165, 1.54) is 0 Å². The highest BCUT2D eigenvalue weighted by Crippen LogP contribution is 2.17. The number of carbonyl (C=O) groups is 2. The molecule has 6 heteroatoms. The van der Waals surface area contributed by atoms with Crippen LogP contribution in [-0.2, 0) is 0 Å². The van der Waals surface area contributed by atoms with Crippen LogP contribution in [0.2, 0.25) is 0 Å². The van der Waals surface area contributed by atoms with Gasteiger partial charge in [-0.3, -0.25) is 10.2 Å². The first-order valence-corrected chi connectivity index (χ1v) is 7.89. The van der Waals surface area contributed by atoms with E-state index in [0.29, 0.717) is 11.3 Å². The summed E-state index contributed by atoms with van der Waals surface area (Å²) in [5.41, 5.74) is 6.87.